The van der Waals surface area contributed by atoms with Gasteiger partial charge in [0, 0.05) is 0 Å². The lowest BCUT2D eigenvalue weighted by Gasteiger charge is -2.12. The number of hydrogen-bond donors (Lipinski definition) is 2. The van der Waals surface area contributed by atoms with Crippen LogP contribution in [0.1, 0.15) is 26.7 Å². The summed E-state index contributed by atoms with van der Waals surface area (Å²) in [6.07, 6.45) is 1.26. The Bertz CT molecular complexity index is 684. The third-order valence-electron chi connectivity index (χ3n) is 2.59. The third kappa shape index (κ3) is 5.52. The van der Waals surface area contributed by atoms with Gasteiger partial charge in [0.05, 0.1) is 18.0 Å². The molecule has 0 atom stereocenters. The predicted octanol–water partition coefficient (Wildman–Crippen LogP) is 1.27. The molecule has 21 heavy (non-hydrogen) atoms. The molecule has 0 aromatic heterocycles. The molecule has 0 saturated heterocycles. The van der Waals surface area contributed by atoms with Crippen LogP contribution in [-0.2, 0) is 20.0 Å². The van der Waals surface area contributed by atoms with E-state index in [1.54, 1.807) is 6.92 Å². The molecular weight excluding hydrogens is 316 g/mol. The molecule has 1 aromatic carbocycles. The van der Waals surface area contributed by atoms with Gasteiger partial charge in [-0.25, -0.2) is 22.0 Å². The van der Waals surface area contributed by atoms with Gasteiger partial charge in [0.25, 0.3) is 0 Å². The minimum absolute atomic E-state index is 0.0264. The van der Waals surface area contributed by atoms with Gasteiger partial charge >= 0.3 is 0 Å². The summed E-state index contributed by atoms with van der Waals surface area (Å²) in [5.74, 6) is 0.0676. The van der Waals surface area contributed by atoms with Crippen LogP contribution in [-0.4, -0.2) is 29.2 Å². The molecular formula is C12H20N2O5S2. The second-order valence-corrected chi connectivity index (χ2v) is 7.79. The van der Waals surface area contributed by atoms with E-state index < -0.39 is 20.0 Å². The summed E-state index contributed by atoms with van der Waals surface area (Å²) in [5.41, 5.74) is 0.138. The second kappa shape index (κ2) is 7.10. The Morgan fingerprint density at radius 1 is 1.19 bits per heavy atom. The first-order valence-corrected chi connectivity index (χ1v) is 9.69. The SMILES string of the molecule is CCCCS(=O)(=O)Nc1ccc(OCC)c(S(N)(=O)=O)c1. The second-order valence-electron chi connectivity index (χ2n) is 4.41. The zero-order chi connectivity index (χ0) is 16.1. The standard InChI is InChI=1S/C12H20N2O5S2/c1-3-5-8-20(15,16)14-10-6-7-11(19-4-2)12(9-10)21(13,17)18/h6-7,9,14H,3-5,8H2,1-2H3,(H2,13,17,18). The Kier molecular flexibility index (Phi) is 5.99. The maximum Gasteiger partial charge on any atom is 0.241 e. The minimum atomic E-state index is -4.01. The van der Waals surface area contributed by atoms with Gasteiger partial charge in [-0.2, -0.15) is 0 Å². The molecule has 3 N–H and O–H groups in total. The van der Waals surface area contributed by atoms with Crippen molar-refractivity contribution in [1.82, 2.24) is 0 Å². The average Bonchev–Trinajstić information content (AvgIpc) is 2.37. The average molecular weight is 336 g/mol. The molecule has 1 rings (SSSR count). The molecule has 7 nitrogen and oxygen atoms in total. The predicted molar refractivity (Wildman–Crippen MR) is 81.3 cm³/mol. The molecule has 0 aliphatic rings. The zero-order valence-electron chi connectivity index (χ0n) is 12.0. The minimum Gasteiger partial charge on any atom is -0.492 e. The Balaban J connectivity index is 3.12. The third-order valence-corrected chi connectivity index (χ3v) is 4.89. The highest BCUT2D eigenvalue weighted by Gasteiger charge is 2.18. The number of unbranched alkanes of at least 4 members (excludes halogenated alkanes) is 1. The lowest BCUT2D eigenvalue weighted by molar-refractivity contribution is 0.331. The highest BCUT2D eigenvalue weighted by atomic mass is 32.2. The number of benzene rings is 1. The molecule has 0 radical (unpaired) electrons. The quantitative estimate of drug-likeness (QED) is 0.742. The lowest BCUT2D eigenvalue weighted by Crippen LogP contribution is -2.18. The van der Waals surface area contributed by atoms with Crippen LogP contribution in [0.2, 0.25) is 0 Å². The first-order chi connectivity index (χ1) is 9.69. The van der Waals surface area contributed by atoms with Crippen LogP contribution in [0.3, 0.4) is 0 Å². The molecule has 120 valence electrons. The van der Waals surface area contributed by atoms with Crippen LogP contribution >= 0.6 is 0 Å². The largest absolute Gasteiger partial charge is 0.492 e. The summed E-state index contributed by atoms with van der Waals surface area (Å²) < 4.78 is 54.2. The summed E-state index contributed by atoms with van der Waals surface area (Å²) >= 11 is 0. The van der Waals surface area contributed by atoms with Crippen LogP contribution < -0.4 is 14.6 Å². The molecule has 0 aliphatic heterocycles. The van der Waals surface area contributed by atoms with Crippen molar-refractivity contribution in [3.05, 3.63) is 18.2 Å². The van der Waals surface area contributed by atoms with Crippen molar-refractivity contribution in [3.63, 3.8) is 0 Å². The summed E-state index contributed by atoms with van der Waals surface area (Å²) in [6, 6.07) is 3.97. The first kappa shape index (κ1) is 17.7. The Hall–Kier alpha value is -1.32. The topological polar surface area (TPSA) is 116 Å². The van der Waals surface area contributed by atoms with Crippen molar-refractivity contribution >= 4 is 25.7 Å². The summed E-state index contributed by atoms with van der Waals surface area (Å²) in [4.78, 5) is -0.250. The van der Waals surface area contributed by atoms with Gasteiger partial charge in [0.15, 0.2) is 0 Å². The van der Waals surface area contributed by atoms with Crippen molar-refractivity contribution in [2.75, 3.05) is 17.1 Å². The van der Waals surface area contributed by atoms with Crippen LogP contribution in [0.15, 0.2) is 23.1 Å². The summed E-state index contributed by atoms with van der Waals surface area (Å²) in [7, 11) is -7.52. The molecule has 0 bridgehead atoms. The number of nitrogens with two attached hydrogens (primary N) is 1. The van der Waals surface area contributed by atoms with Crippen LogP contribution in [0.4, 0.5) is 5.69 Å². The monoisotopic (exact) mass is 336 g/mol. The molecule has 0 fully saturated rings. The normalized spacial score (nSPS) is 12.1. The number of sulfonamides is 2. The van der Waals surface area contributed by atoms with Gasteiger partial charge in [-0.15, -0.1) is 0 Å². The molecule has 0 unspecified atom stereocenters. The van der Waals surface area contributed by atoms with Gasteiger partial charge < -0.3 is 4.74 Å². The summed E-state index contributed by atoms with van der Waals surface area (Å²) in [5, 5.41) is 5.12. The van der Waals surface area contributed by atoms with E-state index in [4.69, 9.17) is 9.88 Å². The Labute approximate surface area is 125 Å². The molecule has 0 heterocycles. The number of nitrogens with one attached hydrogen (secondary N) is 1. The van der Waals surface area contributed by atoms with E-state index >= 15 is 0 Å². The van der Waals surface area contributed by atoms with Gasteiger partial charge in [0.2, 0.25) is 20.0 Å². The van der Waals surface area contributed by atoms with Crippen LogP contribution in [0, 0.1) is 0 Å². The fourth-order valence-corrected chi connectivity index (χ4v) is 3.59. The Morgan fingerprint density at radius 2 is 1.86 bits per heavy atom. The van der Waals surface area contributed by atoms with Crippen molar-refractivity contribution in [1.29, 1.82) is 0 Å². The number of primary sulfonamides is 1. The van der Waals surface area contributed by atoms with E-state index in [-0.39, 0.29) is 28.7 Å². The smallest absolute Gasteiger partial charge is 0.241 e. The van der Waals surface area contributed by atoms with Crippen molar-refractivity contribution in [2.24, 2.45) is 5.14 Å². The lowest BCUT2D eigenvalue weighted by atomic mass is 10.3. The van der Waals surface area contributed by atoms with Crippen molar-refractivity contribution in [2.45, 2.75) is 31.6 Å². The molecule has 0 aliphatic carbocycles. The molecule has 0 saturated carbocycles. The first-order valence-electron chi connectivity index (χ1n) is 6.49. The number of rotatable bonds is 8. The highest BCUT2D eigenvalue weighted by Crippen LogP contribution is 2.27. The van der Waals surface area contributed by atoms with Gasteiger partial charge in [-0.3, -0.25) is 4.72 Å². The fraction of sp³-hybridized carbons (Fsp3) is 0.500. The summed E-state index contributed by atoms with van der Waals surface area (Å²) in [6.45, 7) is 3.85. The van der Waals surface area contributed by atoms with E-state index in [2.05, 4.69) is 4.72 Å². The van der Waals surface area contributed by atoms with E-state index in [1.165, 1.54) is 12.1 Å². The molecule has 1 aromatic rings. The van der Waals surface area contributed by atoms with E-state index in [0.29, 0.717) is 6.42 Å². The fourth-order valence-electron chi connectivity index (χ4n) is 1.63. The number of anilines is 1. The van der Waals surface area contributed by atoms with Crippen molar-refractivity contribution < 1.29 is 21.6 Å². The zero-order valence-corrected chi connectivity index (χ0v) is 13.6. The Morgan fingerprint density at radius 3 is 2.38 bits per heavy atom. The van der Waals surface area contributed by atoms with Crippen molar-refractivity contribution in [3.8, 4) is 5.75 Å². The van der Waals surface area contributed by atoms with Gasteiger partial charge in [0.1, 0.15) is 10.6 Å². The van der Waals surface area contributed by atoms with E-state index in [1.807, 2.05) is 6.92 Å². The maximum atomic E-state index is 11.8. The number of hydrogen-bond acceptors (Lipinski definition) is 5. The van der Waals surface area contributed by atoms with Crippen LogP contribution in [0.25, 0.3) is 0 Å². The van der Waals surface area contributed by atoms with E-state index in [9.17, 15) is 16.8 Å². The van der Waals surface area contributed by atoms with Crippen LogP contribution in [0.5, 0.6) is 5.75 Å². The molecule has 0 spiro atoms. The molecule has 9 heteroatoms. The van der Waals surface area contributed by atoms with E-state index in [0.717, 1.165) is 12.5 Å². The van der Waals surface area contributed by atoms with Gasteiger partial charge in [-0.1, -0.05) is 13.3 Å². The number of ether oxygens (including phenoxy) is 1. The maximum absolute atomic E-state index is 11.8. The molecule has 0 amide bonds. The highest BCUT2D eigenvalue weighted by molar-refractivity contribution is 7.92. The van der Waals surface area contributed by atoms with Gasteiger partial charge in [-0.05, 0) is 31.5 Å².